The SMILES string of the molecule is O=[N+]([O-])c1ccc(CCNc2ncc(Cl)cc2Br)cc1. The molecule has 0 amide bonds. The number of nitrogens with one attached hydrogen (secondary N) is 1. The van der Waals surface area contributed by atoms with Crippen LogP contribution in [0, 0.1) is 10.1 Å². The molecule has 1 aromatic heterocycles. The van der Waals surface area contributed by atoms with Crippen LogP contribution in [0.1, 0.15) is 5.56 Å². The van der Waals surface area contributed by atoms with Crippen LogP contribution >= 0.6 is 27.5 Å². The Hall–Kier alpha value is -1.66. The van der Waals surface area contributed by atoms with Crippen molar-refractivity contribution in [2.45, 2.75) is 6.42 Å². The van der Waals surface area contributed by atoms with Gasteiger partial charge < -0.3 is 5.32 Å². The largest absolute Gasteiger partial charge is 0.369 e. The van der Waals surface area contributed by atoms with E-state index in [0.717, 1.165) is 22.3 Å². The van der Waals surface area contributed by atoms with E-state index >= 15 is 0 Å². The average Bonchev–Trinajstić information content (AvgIpc) is 2.42. The lowest BCUT2D eigenvalue weighted by Gasteiger charge is -2.07. The molecule has 7 heteroatoms. The number of pyridine rings is 1. The lowest BCUT2D eigenvalue weighted by atomic mass is 10.1. The van der Waals surface area contributed by atoms with Crippen LogP contribution in [0.5, 0.6) is 0 Å². The van der Waals surface area contributed by atoms with E-state index in [-0.39, 0.29) is 5.69 Å². The summed E-state index contributed by atoms with van der Waals surface area (Å²) in [5.74, 6) is 0.719. The molecule has 2 rings (SSSR count). The van der Waals surface area contributed by atoms with E-state index in [2.05, 4.69) is 26.2 Å². The van der Waals surface area contributed by atoms with Crippen molar-refractivity contribution in [3.63, 3.8) is 0 Å². The predicted octanol–water partition coefficient (Wildman–Crippen LogP) is 4.06. The Morgan fingerprint density at radius 1 is 1.35 bits per heavy atom. The van der Waals surface area contributed by atoms with Crippen molar-refractivity contribution in [2.75, 3.05) is 11.9 Å². The highest BCUT2D eigenvalue weighted by Gasteiger charge is 2.05. The molecule has 0 bridgehead atoms. The highest BCUT2D eigenvalue weighted by Crippen LogP contribution is 2.23. The third kappa shape index (κ3) is 3.91. The maximum absolute atomic E-state index is 10.5. The van der Waals surface area contributed by atoms with Crippen molar-refractivity contribution < 1.29 is 4.92 Å². The summed E-state index contributed by atoms with van der Waals surface area (Å²) in [7, 11) is 0. The molecule has 0 atom stereocenters. The first kappa shape index (κ1) is 14.7. The molecule has 1 aromatic carbocycles. The van der Waals surface area contributed by atoms with Gasteiger partial charge in [-0.25, -0.2) is 4.98 Å². The van der Waals surface area contributed by atoms with Gasteiger partial charge in [0.25, 0.3) is 5.69 Å². The minimum Gasteiger partial charge on any atom is -0.369 e. The molecule has 0 saturated carbocycles. The topological polar surface area (TPSA) is 68.1 Å². The molecule has 0 aliphatic carbocycles. The third-order valence-electron chi connectivity index (χ3n) is 2.66. The molecule has 0 fully saturated rings. The summed E-state index contributed by atoms with van der Waals surface area (Å²) in [6.07, 6.45) is 2.31. The molecule has 20 heavy (non-hydrogen) atoms. The van der Waals surface area contributed by atoms with Crippen LogP contribution in [-0.2, 0) is 6.42 Å². The van der Waals surface area contributed by atoms with E-state index in [1.54, 1.807) is 24.4 Å². The molecule has 1 heterocycles. The van der Waals surface area contributed by atoms with Gasteiger partial charge in [0.05, 0.1) is 14.4 Å². The zero-order valence-electron chi connectivity index (χ0n) is 10.3. The normalized spacial score (nSPS) is 10.3. The Labute approximate surface area is 129 Å². The number of halogens is 2. The fraction of sp³-hybridized carbons (Fsp3) is 0.154. The molecule has 104 valence electrons. The smallest absolute Gasteiger partial charge is 0.269 e. The number of nitro groups is 1. The van der Waals surface area contributed by atoms with Crippen LogP contribution in [0.25, 0.3) is 0 Å². The number of nitrogens with zero attached hydrogens (tertiary/aromatic N) is 2. The first-order valence-electron chi connectivity index (χ1n) is 5.84. The number of aromatic nitrogens is 1. The van der Waals surface area contributed by atoms with E-state index < -0.39 is 4.92 Å². The molecule has 0 aliphatic heterocycles. The highest BCUT2D eigenvalue weighted by atomic mass is 79.9. The first-order valence-corrected chi connectivity index (χ1v) is 7.01. The number of hydrogen-bond donors (Lipinski definition) is 1. The molecular weight excluding hydrogens is 346 g/mol. The van der Waals surface area contributed by atoms with Gasteiger partial charge in [-0.15, -0.1) is 0 Å². The second-order valence-corrected chi connectivity index (χ2v) is 5.38. The first-order chi connectivity index (χ1) is 9.56. The van der Waals surface area contributed by atoms with Crippen LogP contribution in [0.4, 0.5) is 11.5 Å². The second kappa shape index (κ2) is 6.67. The van der Waals surface area contributed by atoms with Crippen molar-refractivity contribution in [2.24, 2.45) is 0 Å². The Morgan fingerprint density at radius 2 is 2.05 bits per heavy atom. The molecule has 0 spiro atoms. The monoisotopic (exact) mass is 355 g/mol. The summed E-state index contributed by atoms with van der Waals surface area (Å²) in [4.78, 5) is 14.3. The van der Waals surface area contributed by atoms with Crippen molar-refractivity contribution in [1.82, 2.24) is 4.98 Å². The molecular formula is C13H11BrClN3O2. The summed E-state index contributed by atoms with van der Waals surface area (Å²) < 4.78 is 0.800. The molecule has 1 N–H and O–H groups in total. The average molecular weight is 357 g/mol. The predicted molar refractivity (Wildman–Crippen MR) is 82.2 cm³/mol. The van der Waals surface area contributed by atoms with Gasteiger partial charge in [-0.3, -0.25) is 10.1 Å². The molecule has 0 aliphatic rings. The second-order valence-electron chi connectivity index (χ2n) is 4.08. The number of anilines is 1. The van der Waals surface area contributed by atoms with Gasteiger partial charge in [0.15, 0.2) is 0 Å². The standard InChI is InChI=1S/C13H11BrClN3O2/c14-12-7-10(15)8-17-13(12)16-6-5-9-1-3-11(4-2-9)18(19)20/h1-4,7-8H,5-6H2,(H,16,17). The Morgan fingerprint density at radius 3 is 2.65 bits per heavy atom. The third-order valence-corrected chi connectivity index (χ3v) is 3.47. The summed E-state index contributed by atoms with van der Waals surface area (Å²) in [5, 5.41) is 14.3. The highest BCUT2D eigenvalue weighted by molar-refractivity contribution is 9.10. The molecule has 0 unspecified atom stereocenters. The van der Waals surface area contributed by atoms with E-state index in [1.165, 1.54) is 12.1 Å². The van der Waals surface area contributed by atoms with Gasteiger partial charge in [0.1, 0.15) is 5.82 Å². The summed E-state index contributed by atoms with van der Waals surface area (Å²) in [6, 6.07) is 8.29. The van der Waals surface area contributed by atoms with Crippen molar-refractivity contribution in [1.29, 1.82) is 0 Å². The molecule has 2 aromatic rings. The lowest BCUT2D eigenvalue weighted by Crippen LogP contribution is -2.06. The van der Waals surface area contributed by atoms with Crippen LogP contribution in [0.15, 0.2) is 41.0 Å². The number of non-ortho nitro benzene ring substituents is 1. The van der Waals surface area contributed by atoms with Gasteiger partial charge in [-0.2, -0.15) is 0 Å². The van der Waals surface area contributed by atoms with Gasteiger partial charge >= 0.3 is 0 Å². The van der Waals surface area contributed by atoms with Crippen molar-refractivity contribution in [3.05, 3.63) is 61.7 Å². The van der Waals surface area contributed by atoms with Crippen LogP contribution in [0.3, 0.4) is 0 Å². The maximum atomic E-state index is 10.5. The number of hydrogen-bond acceptors (Lipinski definition) is 4. The lowest BCUT2D eigenvalue weighted by molar-refractivity contribution is -0.384. The zero-order chi connectivity index (χ0) is 14.5. The van der Waals surface area contributed by atoms with Crippen LogP contribution in [0.2, 0.25) is 5.02 Å². The number of rotatable bonds is 5. The summed E-state index contributed by atoms with van der Waals surface area (Å²) >= 11 is 9.19. The summed E-state index contributed by atoms with van der Waals surface area (Å²) in [5.41, 5.74) is 1.12. The van der Waals surface area contributed by atoms with Gasteiger partial charge in [-0.05, 0) is 34.0 Å². The van der Waals surface area contributed by atoms with Crippen molar-refractivity contribution in [3.8, 4) is 0 Å². The maximum Gasteiger partial charge on any atom is 0.269 e. The Kier molecular flexibility index (Phi) is 4.92. The van der Waals surface area contributed by atoms with Crippen LogP contribution in [-0.4, -0.2) is 16.5 Å². The molecule has 5 nitrogen and oxygen atoms in total. The van der Waals surface area contributed by atoms with E-state index in [1.807, 2.05) is 0 Å². The van der Waals surface area contributed by atoms with E-state index in [9.17, 15) is 10.1 Å². The van der Waals surface area contributed by atoms with E-state index in [0.29, 0.717) is 11.6 Å². The van der Waals surface area contributed by atoms with Crippen molar-refractivity contribution >= 4 is 39.0 Å². The minimum atomic E-state index is -0.406. The van der Waals surface area contributed by atoms with Gasteiger partial charge in [0.2, 0.25) is 0 Å². The quantitative estimate of drug-likeness (QED) is 0.648. The number of benzene rings is 1. The van der Waals surface area contributed by atoms with Gasteiger partial charge in [-0.1, -0.05) is 23.7 Å². The number of nitro benzene ring substituents is 1. The van der Waals surface area contributed by atoms with Gasteiger partial charge in [0, 0.05) is 24.9 Å². The zero-order valence-corrected chi connectivity index (χ0v) is 12.7. The fourth-order valence-corrected chi connectivity index (χ4v) is 2.43. The van der Waals surface area contributed by atoms with E-state index in [4.69, 9.17) is 11.6 Å². The molecule has 0 radical (unpaired) electrons. The molecule has 0 saturated heterocycles. The summed E-state index contributed by atoms with van der Waals surface area (Å²) in [6.45, 7) is 0.672. The Balaban J connectivity index is 1.91. The fourth-order valence-electron chi connectivity index (χ4n) is 1.65. The Bertz CT molecular complexity index is 620. The minimum absolute atomic E-state index is 0.101. The van der Waals surface area contributed by atoms with Crippen LogP contribution < -0.4 is 5.32 Å².